The first-order valence-electron chi connectivity index (χ1n) is 5.26. The van der Waals surface area contributed by atoms with E-state index in [0.717, 1.165) is 0 Å². The number of nitrogens with two attached hydrogens (primary N) is 2. The summed E-state index contributed by atoms with van der Waals surface area (Å²) in [6, 6.07) is 9.08. The topological polar surface area (TPSA) is 70.5 Å². The Balaban J connectivity index is 2.36. The minimum absolute atomic E-state index is 0.0631. The highest BCUT2D eigenvalue weighted by Gasteiger charge is 2.09. The molecule has 0 fully saturated rings. The third-order valence-electron chi connectivity index (χ3n) is 2.36. The van der Waals surface area contributed by atoms with Crippen LogP contribution in [0.2, 0.25) is 0 Å². The molecule has 2 aromatic rings. The van der Waals surface area contributed by atoms with E-state index in [9.17, 15) is 4.39 Å². The van der Waals surface area contributed by atoms with Gasteiger partial charge in [0.1, 0.15) is 0 Å². The summed E-state index contributed by atoms with van der Waals surface area (Å²) in [6.45, 7) is 0. The van der Waals surface area contributed by atoms with Crippen molar-refractivity contribution in [1.82, 2.24) is 0 Å². The summed E-state index contributed by atoms with van der Waals surface area (Å²) in [5, 5.41) is 0. The fourth-order valence-corrected chi connectivity index (χ4v) is 1.49. The number of methoxy groups -OCH3 is 1. The van der Waals surface area contributed by atoms with E-state index in [1.165, 1.54) is 19.2 Å². The van der Waals surface area contributed by atoms with Crippen LogP contribution in [-0.2, 0) is 0 Å². The zero-order valence-electron chi connectivity index (χ0n) is 9.81. The molecule has 94 valence electrons. The van der Waals surface area contributed by atoms with Crippen molar-refractivity contribution in [2.45, 2.75) is 0 Å². The van der Waals surface area contributed by atoms with Crippen LogP contribution >= 0.6 is 0 Å². The second-order valence-electron chi connectivity index (χ2n) is 3.70. The molecule has 18 heavy (non-hydrogen) atoms. The maximum Gasteiger partial charge on any atom is 0.171 e. The molecule has 0 bridgehead atoms. The van der Waals surface area contributed by atoms with Crippen LogP contribution in [0.4, 0.5) is 15.8 Å². The predicted molar refractivity (Wildman–Crippen MR) is 68.3 cm³/mol. The number of ether oxygens (including phenoxy) is 2. The first kappa shape index (κ1) is 12.0. The van der Waals surface area contributed by atoms with E-state index in [0.29, 0.717) is 22.9 Å². The number of hydrogen-bond donors (Lipinski definition) is 2. The van der Waals surface area contributed by atoms with Gasteiger partial charge >= 0.3 is 0 Å². The molecule has 5 heteroatoms. The zero-order chi connectivity index (χ0) is 13.1. The first-order chi connectivity index (χ1) is 8.60. The second kappa shape index (κ2) is 4.83. The molecule has 2 rings (SSSR count). The zero-order valence-corrected chi connectivity index (χ0v) is 9.81. The lowest BCUT2D eigenvalue weighted by molar-refractivity contribution is 0.371. The Hall–Kier alpha value is -2.43. The maximum atomic E-state index is 13.6. The van der Waals surface area contributed by atoms with Crippen LogP contribution < -0.4 is 20.9 Å². The lowest BCUT2D eigenvalue weighted by Gasteiger charge is -2.11. The van der Waals surface area contributed by atoms with Crippen molar-refractivity contribution in [3.8, 4) is 17.2 Å². The molecule has 0 saturated carbocycles. The van der Waals surface area contributed by atoms with Crippen LogP contribution in [-0.4, -0.2) is 7.11 Å². The van der Waals surface area contributed by atoms with Crippen molar-refractivity contribution in [3.05, 3.63) is 42.2 Å². The average Bonchev–Trinajstić information content (AvgIpc) is 2.33. The summed E-state index contributed by atoms with van der Waals surface area (Å²) in [5.74, 6) is 0.342. The van der Waals surface area contributed by atoms with Crippen LogP contribution in [0.15, 0.2) is 36.4 Å². The molecule has 0 aliphatic heterocycles. The Morgan fingerprint density at radius 2 is 1.50 bits per heavy atom. The van der Waals surface area contributed by atoms with Gasteiger partial charge in [-0.15, -0.1) is 0 Å². The molecule has 0 aliphatic carbocycles. The lowest BCUT2D eigenvalue weighted by atomic mass is 10.2. The van der Waals surface area contributed by atoms with Gasteiger partial charge in [-0.1, -0.05) is 0 Å². The van der Waals surface area contributed by atoms with Gasteiger partial charge in [0.15, 0.2) is 23.1 Å². The van der Waals surface area contributed by atoms with Crippen molar-refractivity contribution < 1.29 is 13.9 Å². The van der Waals surface area contributed by atoms with Crippen LogP contribution in [0.25, 0.3) is 0 Å². The molecule has 4 N–H and O–H groups in total. The van der Waals surface area contributed by atoms with Gasteiger partial charge in [0.2, 0.25) is 0 Å². The van der Waals surface area contributed by atoms with Gasteiger partial charge < -0.3 is 20.9 Å². The molecule has 0 radical (unpaired) electrons. The molecule has 0 saturated heterocycles. The van der Waals surface area contributed by atoms with Crippen LogP contribution in [0.3, 0.4) is 0 Å². The van der Waals surface area contributed by atoms with Gasteiger partial charge in [0, 0.05) is 23.5 Å². The normalized spacial score (nSPS) is 10.1. The van der Waals surface area contributed by atoms with Gasteiger partial charge in [-0.3, -0.25) is 0 Å². The fraction of sp³-hybridized carbons (Fsp3) is 0.0769. The smallest absolute Gasteiger partial charge is 0.171 e. The van der Waals surface area contributed by atoms with Crippen molar-refractivity contribution in [2.75, 3.05) is 18.6 Å². The molecule has 0 amide bonds. The van der Waals surface area contributed by atoms with Gasteiger partial charge in [-0.25, -0.2) is 4.39 Å². The third-order valence-corrected chi connectivity index (χ3v) is 2.36. The highest BCUT2D eigenvalue weighted by atomic mass is 19.1. The third kappa shape index (κ3) is 2.45. The van der Waals surface area contributed by atoms with E-state index in [-0.39, 0.29) is 5.75 Å². The van der Waals surface area contributed by atoms with Crippen molar-refractivity contribution in [1.29, 1.82) is 0 Å². The van der Waals surface area contributed by atoms with E-state index in [4.69, 9.17) is 20.9 Å². The highest BCUT2D eigenvalue weighted by Crippen LogP contribution is 2.34. The van der Waals surface area contributed by atoms with Gasteiger partial charge in [-0.05, 0) is 24.3 Å². The quantitative estimate of drug-likeness (QED) is 0.819. The molecule has 0 unspecified atom stereocenters. The minimum atomic E-state index is -0.542. The van der Waals surface area contributed by atoms with Gasteiger partial charge in [-0.2, -0.15) is 0 Å². The SMILES string of the molecule is COc1ccc(N)cc1Oc1ccc(N)cc1F. The average molecular weight is 248 g/mol. The number of benzene rings is 2. The molecular weight excluding hydrogens is 235 g/mol. The summed E-state index contributed by atoms with van der Waals surface area (Å²) in [6.07, 6.45) is 0. The van der Waals surface area contributed by atoms with Crippen LogP contribution in [0.1, 0.15) is 0 Å². The number of halogens is 1. The molecule has 0 heterocycles. The summed E-state index contributed by atoms with van der Waals surface area (Å²) in [4.78, 5) is 0. The monoisotopic (exact) mass is 248 g/mol. The van der Waals surface area contributed by atoms with Crippen LogP contribution in [0, 0.1) is 5.82 Å². The molecular formula is C13H13FN2O2. The Labute approximate surface area is 104 Å². The highest BCUT2D eigenvalue weighted by molar-refractivity contribution is 5.54. The van der Waals surface area contributed by atoms with Crippen LogP contribution in [0.5, 0.6) is 17.2 Å². The Morgan fingerprint density at radius 1 is 0.889 bits per heavy atom. The number of hydrogen-bond acceptors (Lipinski definition) is 4. The summed E-state index contributed by atoms with van der Waals surface area (Å²) in [5.41, 5.74) is 11.9. The summed E-state index contributed by atoms with van der Waals surface area (Å²) < 4.78 is 24.1. The van der Waals surface area contributed by atoms with Crippen molar-refractivity contribution in [3.63, 3.8) is 0 Å². The standard InChI is InChI=1S/C13H13FN2O2/c1-17-12-5-3-9(16)7-13(12)18-11-4-2-8(15)6-10(11)14/h2-7H,15-16H2,1H3. The number of rotatable bonds is 3. The van der Waals surface area contributed by atoms with Gasteiger partial charge in [0.05, 0.1) is 7.11 Å². The van der Waals surface area contributed by atoms with E-state index < -0.39 is 5.82 Å². The Bertz CT molecular complexity index is 573. The summed E-state index contributed by atoms with van der Waals surface area (Å²) >= 11 is 0. The van der Waals surface area contributed by atoms with E-state index in [1.54, 1.807) is 24.3 Å². The predicted octanol–water partition coefficient (Wildman–Crippen LogP) is 2.79. The molecule has 4 nitrogen and oxygen atoms in total. The molecule has 0 aromatic heterocycles. The van der Waals surface area contributed by atoms with E-state index in [2.05, 4.69) is 0 Å². The number of anilines is 2. The van der Waals surface area contributed by atoms with Crippen molar-refractivity contribution >= 4 is 11.4 Å². The maximum absolute atomic E-state index is 13.6. The van der Waals surface area contributed by atoms with Gasteiger partial charge in [0.25, 0.3) is 0 Å². The van der Waals surface area contributed by atoms with E-state index >= 15 is 0 Å². The Kier molecular flexibility index (Phi) is 3.23. The molecule has 0 atom stereocenters. The molecule has 0 aliphatic rings. The lowest BCUT2D eigenvalue weighted by Crippen LogP contribution is -1.95. The molecule has 2 aromatic carbocycles. The molecule has 0 spiro atoms. The largest absolute Gasteiger partial charge is 0.493 e. The summed E-state index contributed by atoms with van der Waals surface area (Å²) in [7, 11) is 1.50. The second-order valence-corrected chi connectivity index (χ2v) is 3.70. The number of nitrogen functional groups attached to an aromatic ring is 2. The van der Waals surface area contributed by atoms with Crippen molar-refractivity contribution in [2.24, 2.45) is 0 Å². The minimum Gasteiger partial charge on any atom is -0.493 e. The van der Waals surface area contributed by atoms with E-state index in [1.807, 2.05) is 0 Å². The Morgan fingerprint density at radius 3 is 2.11 bits per heavy atom. The first-order valence-corrected chi connectivity index (χ1v) is 5.26. The fourth-order valence-electron chi connectivity index (χ4n) is 1.49.